The maximum absolute atomic E-state index is 12.8. The first-order valence-electron chi connectivity index (χ1n) is 9.57. The number of allylic oxidation sites excluding steroid dienone is 1. The fraction of sp³-hybridized carbons (Fsp3) is 0.800. The Bertz CT molecular complexity index is 745. The Labute approximate surface area is 153 Å². The van der Waals surface area contributed by atoms with Gasteiger partial charge in [-0.2, -0.15) is 0 Å². The Morgan fingerprint density at radius 3 is 2.65 bits per heavy atom. The van der Waals surface area contributed by atoms with Crippen LogP contribution in [0.3, 0.4) is 0 Å². The smallest absolute Gasteiger partial charge is 0.351 e. The lowest BCUT2D eigenvalue weighted by Gasteiger charge is -2.50. The summed E-state index contributed by atoms with van der Waals surface area (Å²) in [6.45, 7) is 9.52. The molecule has 6 nitrogen and oxygen atoms in total. The van der Waals surface area contributed by atoms with Crippen LogP contribution in [0.15, 0.2) is 11.6 Å². The highest BCUT2D eigenvalue weighted by atomic mass is 16.7. The summed E-state index contributed by atoms with van der Waals surface area (Å²) in [5.74, 6) is -0.982. The number of fused-ring (bicyclic) bond motifs is 8. The highest BCUT2D eigenvalue weighted by Crippen LogP contribution is 2.71. The quantitative estimate of drug-likeness (QED) is 0.426. The van der Waals surface area contributed by atoms with Crippen LogP contribution in [0.1, 0.15) is 47.5 Å². The molecule has 0 N–H and O–H groups in total. The fourth-order valence-corrected chi connectivity index (χ4v) is 6.10. The van der Waals surface area contributed by atoms with Gasteiger partial charge in [-0.15, -0.1) is 0 Å². The van der Waals surface area contributed by atoms with Gasteiger partial charge in [0.05, 0.1) is 6.10 Å². The molecule has 0 aromatic carbocycles. The molecule has 0 radical (unpaired) electrons. The molecule has 3 aliphatic heterocycles. The monoisotopic (exact) mass is 362 g/mol. The average molecular weight is 362 g/mol. The second-order valence-electron chi connectivity index (χ2n) is 9.21. The Balaban J connectivity index is 1.48. The van der Waals surface area contributed by atoms with Crippen molar-refractivity contribution in [2.75, 3.05) is 0 Å². The summed E-state index contributed by atoms with van der Waals surface area (Å²) in [7, 11) is 0. The first kappa shape index (κ1) is 16.8. The summed E-state index contributed by atoms with van der Waals surface area (Å²) in [4.78, 5) is 25.2. The minimum absolute atomic E-state index is 0.0646. The van der Waals surface area contributed by atoms with E-state index in [-0.39, 0.29) is 47.3 Å². The van der Waals surface area contributed by atoms with E-state index in [9.17, 15) is 9.59 Å². The van der Waals surface area contributed by atoms with Crippen molar-refractivity contribution in [1.82, 2.24) is 0 Å². The molecule has 0 bridgehead atoms. The molecule has 0 unspecified atom stereocenters. The molecule has 0 aromatic rings. The molecule has 0 aromatic heterocycles. The van der Waals surface area contributed by atoms with E-state index in [0.29, 0.717) is 5.57 Å². The molecule has 5 aliphatic rings. The van der Waals surface area contributed by atoms with Crippen molar-refractivity contribution in [2.24, 2.45) is 17.3 Å². The zero-order valence-electron chi connectivity index (χ0n) is 15.9. The van der Waals surface area contributed by atoms with Crippen LogP contribution in [-0.4, -0.2) is 47.6 Å². The number of rotatable bonds is 2. The van der Waals surface area contributed by atoms with Gasteiger partial charge in [-0.05, 0) is 40.5 Å². The van der Waals surface area contributed by atoms with Gasteiger partial charge >= 0.3 is 11.9 Å². The second kappa shape index (κ2) is 4.71. The van der Waals surface area contributed by atoms with Crippen LogP contribution in [-0.2, 0) is 28.5 Å². The summed E-state index contributed by atoms with van der Waals surface area (Å²) in [6, 6.07) is 0. The van der Waals surface area contributed by atoms with Crippen LogP contribution >= 0.6 is 0 Å². The molecule has 3 heterocycles. The lowest BCUT2D eigenvalue weighted by atomic mass is 9.52. The maximum atomic E-state index is 12.8. The van der Waals surface area contributed by atoms with Gasteiger partial charge in [-0.25, -0.2) is 9.59 Å². The maximum Gasteiger partial charge on any atom is 0.351 e. The molecule has 6 heteroatoms. The van der Waals surface area contributed by atoms with E-state index in [2.05, 4.69) is 13.8 Å². The van der Waals surface area contributed by atoms with E-state index in [1.165, 1.54) is 0 Å². The molecule has 5 fully saturated rings. The van der Waals surface area contributed by atoms with Crippen molar-refractivity contribution in [3.8, 4) is 0 Å². The van der Waals surface area contributed by atoms with Crippen LogP contribution < -0.4 is 0 Å². The van der Waals surface area contributed by atoms with E-state index >= 15 is 0 Å². The lowest BCUT2D eigenvalue weighted by Crippen LogP contribution is -2.58. The summed E-state index contributed by atoms with van der Waals surface area (Å²) in [5, 5.41) is 0. The molecule has 26 heavy (non-hydrogen) atoms. The van der Waals surface area contributed by atoms with E-state index in [1.807, 2.05) is 0 Å². The van der Waals surface area contributed by atoms with Gasteiger partial charge in [0.1, 0.15) is 23.9 Å². The number of esters is 2. The van der Waals surface area contributed by atoms with E-state index < -0.39 is 17.5 Å². The summed E-state index contributed by atoms with van der Waals surface area (Å²) >= 11 is 0. The fourth-order valence-electron chi connectivity index (χ4n) is 6.10. The minimum atomic E-state index is -1.24. The summed E-state index contributed by atoms with van der Waals surface area (Å²) in [5.41, 5.74) is -1.13. The van der Waals surface area contributed by atoms with Crippen molar-refractivity contribution in [3.05, 3.63) is 11.6 Å². The average Bonchev–Trinajstić information content (AvgIpc) is 3.46. The Morgan fingerprint density at radius 1 is 1.23 bits per heavy atom. The largest absolute Gasteiger partial charge is 0.459 e. The Kier molecular flexibility index (Phi) is 3.03. The van der Waals surface area contributed by atoms with Gasteiger partial charge in [-0.1, -0.05) is 13.0 Å². The van der Waals surface area contributed by atoms with Crippen LogP contribution in [0.5, 0.6) is 0 Å². The van der Waals surface area contributed by atoms with E-state index in [0.717, 1.165) is 12.8 Å². The number of carbonyl (C=O) groups is 2. The highest BCUT2D eigenvalue weighted by Gasteiger charge is 2.83. The van der Waals surface area contributed by atoms with Crippen LogP contribution in [0.25, 0.3) is 0 Å². The van der Waals surface area contributed by atoms with Crippen molar-refractivity contribution in [1.29, 1.82) is 0 Å². The molecule has 2 aliphatic carbocycles. The lowest BCUT2D eigenvalue weighted by molar-refractivity contribution is -0.170. The number of hydrogen-bond acceptors (Lipinski definition) is 6. The first-order valence-corrected chi connectivity index (χ1v) is 9.57. The first-order chi connectivity index (χ1) is 12.2. The van der Waals surface area contributed by atoms with Gasteiger partial charge in [-0.3, -0.25) is 0 Å². The van der Waals surface area contributed by atoms with E-state index in [1.54, 1.807) is 26.8 Å². The molecular formula is C20H26O6. The molecule has 5 rings (SSSR count). The van der Waals surface area contributed by atoms with Gasteiger partial charge in [0.25, 0.3) is 0 Å². The van der Waals surface area contributed by atoms with Crippen LogP contribution in [0, 0.1) is 17.3 Å². The van der Waals surface area contributed by atoms with Crippen LogP contribution in [0.2, 0.25) is 0 Å². The molecule has 0 amide bonds. The summed E-state index contributed by atoms with van der Waals surface area (Å²) < 4.78 is 23.6. The normalized spacial score (nSPS) is 56.5. The van der Waals surface area contributed by atoms with Gasteiger partial charge in [0.2, 0.25) is 5.60 Å². The minimum Gasteiger partial charge on any atom is -0.459 e. The number of epoxide rings is 2. The van der Waals surface area contributed by atoms with Crippen LogP contribution in [0.4, 0.5) is 0 Å². The third kappa shape index (κ3) is 1.80. The van der Waals surface area contributed by atoms with Crippen molar-refractivity contribution in [2.45, 2.75) is 83.1 Å². The standard InChI is InChI=1S/C20H26O6/c1-6-9(2)16(21)26-19(4)10-7-8-18(3)13(11(10)24-17(19)22)20(5)15(25-20)12-14(18)23-12/h6,10-15H,7-8H2,1-5H3/b9-6-/t10-,11-,12+,13+,14-,15+,18+,19+,20-/m1/s1. The van der Waals surface area contributed by atoms with Crippen molar-refractivity contribution < 1.29 is 28.5 Å². The van der Waals surface area contributed by atoms with Crippen molar-refractivity contribution >= 4 is 11.9 Å². The molecule has 9 atom stereocenters. The predicted molar refractivity (Wildman–Crippen MR) is 90.1 cm³/mol. The third-order valence-corrected chi connectivity index (χ3v) is 7.83. The third-order valence-electron chi connectivity index (χ3n) is 7.83. The van der Waals surface area contributed by atoms with E-state index in [4.69, 9.17) is 18.9 Å². The predicted octanol–water partition coefficient (Wildman–Crippen LogP) is 2.15. The van der Waals surface area contributed by atoms with Gasteiger partial charge in [0, 0.05) is 22.8 Å². The topological polar surface area (TPSA) is 77.7 Å². The molecule has 3 saturated heterocycles. The number of hydrogen-bond donors (Lipinski definition) is 0. The highest BCUT2D eigenvalue weighted by molar-refractivity contribution is 5.92. The SMILES string of the molecule is C/C=C(/C)C(=O)O[C@]1(C)C(=O)O[C@@H]2[C@H]1CC[C@]1(C)[C@@H]3O[C@@H]3[C@@H]3O[C@]3(C)[C@@H]21. The number of ether oxygens (including phenoxy) is 4. The Morgan fingerprint density at radius 2 is 1.96 bits per heavy atom. The zero-order valence-corrected chi connectivity index (χ0v) is 15.9. The second-order valence-corrected chi connectivity index (χ2v) is 9.21. The molecule has 0 spiro atoms. The van der Waals surface area contributed by atoms with Gasteiger partial charge < -0.3 is 18.9 Å². The molecule has 142 valence electrons. The van der Waals surface area contributed by atoms with Gasteiger partial charge in [0.15, 0.2) is 0 Å². The number of carbonyl (C=O) groups excluding carboxylic acids is 2. The summed E-state index contributed by atoms with van der Waals surface area (Å²) in [6.07, 6.45) is 3.56. The molecular weight excluding hydrogens is 336 g/mol. The zero-order chi connectivity index (χ0) is 18.6. The van der Waals surface area contributed by atoms with Crippen molar-refractivity contribution in [3.63, 3.8) is 0 Å². The Hall–Kier alpha value is -1.40. The molecule has 2 saturated carbocycles.